The Morgan fingerprint density at radius 3 is 2.58 bits per heavy atom. The number of primary amides is 1. The van der Waals surface area contributed by atoms with Crippen molar-refractivity contribution in [3.63, 3.8) is 0 Å². The summed E-state index contributed by atoms with van der Waals surface area (Å²) in [5.41, 5.74) is 5.04. The molecule has 0 unspecified atom stereocenters. The van der Waals surface area contributed by atoms with Gasteiger partial charge in [-0.15, -0.1) is 0 Å². The van der Waals surface area contributed by atoms with E-state index < -0.39 is 23.9 Å². The molecular formula is C13H20N2O4. The van der Waals surface area contributed by atoms with Crippen LogP contribution in [0.2, 0.25) is 0 Å². The molecule has 1 saturated heterocycles. The molecule has 0 aromatic heterocycles. The van der Waals surface area contributed by atoms with Crippen molar-refractivity contribution in [1.82, 2.24) is 4.90 Å². The van der Waals surface area contributed by atoms with Gasteiger partial charge in [-0.25, -0.2) is 0 Å². The van der Waals surface area contributed by atoms with Crippen LogP contribution in [0, 0.1) is 5.92 Å². The zero-order valence-corrected chi connectivity index (χ0v) is 11.1. The summed E-state index contributed by atoms with van der Waals surface area (Å²) in [5.74, 6) is -1.62. The van der Waals surface area contributed by atoms with Crippen LogP contribution in [-0.2, 0) is 19.1 Å². The number of hydrogen-bond acceptors (Lipinski definition) is 4. The van der Waals surface area contributed by atoms with E-state index in [2.05, 4.69) is 0 Å². The molecule has 2 amide bonds. The monoisotopic (exact) mass is 268 g/mol. The van der Waals surface area contributed by atoms with Gasteiger partial charge in [0, 0.05) is 19.0 Å². The first kappa shape index (κ1) is 13.8. The number of amides is 2. The lowest BCUT2D eigenvalue weighted by molar-refractivity contribution is -0.157. The Bertz CT molecular complexity index is 390. The van der Waals surface area contributed by atoms with Gasteiger partial charge < -0.3 is 15.4 Å². The molecule has 1 saturated carbocycles. The number of nitrogens with two attached hydrogens (primary N) is 1. The quantitative estimate of drug-likeness (QED) is 0.737. The second-order valence-corrected chi connectivity index (χ2v) is 5.37. The summed E-state index contributed by atoms with van der Waals surface area (Å²) in [6, 6.07) is 0.277. The maximum atomic E-state index is 11.9. The summed E-state index contributed by atoms with van der Waals surface area (Å²) in [4.78, 5) is 36.4. The van der Waals surface area contributed by atoms with Crippen molar-refractivity contribution >= 4 is 17.8 Å². The molecular weight excluding hydrogens is 248 g/mol. The van der Waals surface area contributed by atoms with Gasteiger partial charge in [-0.05, 0) is 19.8 Å². The Morgan fingerprint density at radius 1 is 1.37 bits per heavy atom. The molecule has 2 aliphatic rings. The van der Waals surface area contributed by atoms with Gasteiger partial charge in [0.2, 0.25) is 5.91 Å². The normalized spacial score (nSPS) is 25.6. The molecule has 19 heavy (non-hydrogen) atoms. The standard InChI is InChI=1S/C13H20N2O4/c1-8(12(14)17)19-13(18)9-6-11(16)15(7-9)10-4-2-3-5-10/h8-10H,2-7H2,1H3,(H2,14,17)/t8-,9-/m0/s1. The number of ether oxygens (including phenoxy) is 1. The van der Waals surface area contributed by atoms with E-state index in [4.69, 9.17) is 10.5 Å². The highest BCUT2D eigenvalue weighted by atomic mass is 16.5. The van der Waals surface area contributed by atoms with Gasteiger partial charge in [0.15, 0.2) is 6.10 Å². The first-order chi connectivity index (χ1) is 8.99. The highest BCUT2D eigenvalue weighted by Gasteiger charge is 2.40. The molecule has 0 aromatic rings. The van der Waals surface area contributed by atoms with Crippen molar-refractivity contribution < 1.29 is 19.1 Å². The fourth-order valence-electron chi connectivity index (χ4n) is 2.79. The highest BCUT2D eigenvalue weighted by Crippen LogP contribution is 2.29. The molecule has 1 aliphatic carbocycles. The molecule has 2 rings (SSSR count). The van der Waals surface area contributed by atoms with E-state index in [9.17, 15) is 14.4 Å². The third kappa shape index (κ3) is 3.05. The number of carbonyl (C=O) groups excluding carboxylic acids is 3. The number of esters is 1. The van der Waals surface area contributed by atoms with Gasteiger partial charge >= 0.3 is 5.97 Å². The van der Waals surface area contributed by atoms with Crippen LogP contribution < -0.4 is 5.73 Å². The zero-order valence-electron chi connectivity index (χ0n) is 11.1. The lowest BCUT2D eigenvalue weighted by Crippen LogP contribution is -2.36. The van der Waals surface area contributed by atoms with E-state index in [0.717, 1.165) is 25.7 Å². The largest absolute Gasteiger partial charge is 0.452 e. The van der Waals surface area contributed by atoms with Crippen LogP contribution >= 0.6 is 0 Å². The summed E-state index contributed by atoms with van der Waals surface area (Å²) >= 11 is 0. The predicted octanol–water partition coefficient (Wildman–Crippen LogP) is 0.195. The van der Waals surface area contributed by atoms with Crippen LogP contribution in [-0.4, -0.2) is 41.4 Å². The van der Waals surface area contributed by atoms with E-state index in [-0.39, 0.29) is 18.4 Å². The maximum Gasteiger partial charge on any atom is 0.312 e. The number of nitrogens with zero attached hydrogens (tertiary/aromatic N) is 1. The Balaban J connectivity index is 1.91. The molecule has 0 bridgehead atoms. The van der Waals surface area contributed by atoms with Gasteiger partial charge in [-0.1, -0.05) is 12.8 Å². The molecule has 2 fully saturated rings. The van der Waals surface area contributed by atoms with Crippen molar-refractivity contribution in [1.29, 1.82) is 0 Å². The zero-order chi connectivity index (χ0) is 14.0. The van der Waals surface area contributed by atoms with Crippen LogP contribution in [0.4, 0.5) is 0 Å². The van der Waals surface area contributed by atoms with Gasteiger partial charge in [-0.3, -0.25) is 14.4 Å². The molecule has 2 atom stereocenters. The third-order valence-corrected chi connectivity index (χ3v) is 3.95. The summed E-state index contributed by atoms with van der Waals surface area (Å²) < 4.78 is 4.96. The van der Waals surface area contributed by atoms with E-state index in [0.29, 0.717) is 6.54 Å². The number of rotatable bonds is 4. The fraction of sp³-hybridized carbons (Fsp3) is 0.769. The van der Waals surface area contributed by atoms with E-state index >= 15 is 0 Å². The minimum absolute atomic E-state index is 0.0144. The molecule has 6 nitrogen and oxygen atoms in total. The van der Waals surface area contributed by atoms with Crippen LogP contribution in [0.3, 0.4) is 0 Å². The fourth-order valence-corrected chi connectivity index (χ4v) is 2.79. The Morgan fingerprint density at radius 2 is 2.00 bits per heavy atom. The SMILES string of the molecule is C[C@H](OC(=O)[C@H]1CC(=O)N(C2CCCC2)C1)C(N)=O. The minimum atomic E-state index is -0.942. The van der Waals surface area contributed by atoms with E-state index in [1.54, 1.807) is 4.90 Å². The number of likely N-dealkylation sites (tertiary alicyclic amines) is 1. The average molecular weight is 268 g/mol. The van der Waals surface area contributed by atoms with Gasteiger partial charge in [0.25, 0.3) is 5.91 Å². The first-order valence-corrected chi connectivity index (χ1v) is 6.78. The van der Waals surface area contributed by atoms with Crippen molar-refractivity contribution in [3.8, 4) is 0 Å². The summed E-state index contributed by atoms with van der Waals surface area (Å²) in [6.45, 7) is 1.85. The van der Waals surface area contributed by atoms with Crippen molar-refractivity contribution in [2.24, 2.45) is 11.7 Å². The van der Waals surface area contributed by atoms with Crippen LogP contribution in [0.1, 0.15) is 39.0 Å². The molecule has 106 valence electrons. The molecule has 0 spiro atoms. The molecule has 0 aromatic carbocycles. The summed E-state index contributed by atoms with van der Waals surface area (Å²) in [6.07, 6.45) is 3.56. The second kappa shape index (κ2) is 5.59. The third-order valence-electron chi connectivity index (χ3n) is 3.95. The maximum absolute atomic E-state index is 11.9. The smallest absolute Gasteiger partial charge is 0.312 e. The highest BCUT2D eigenvalue weighted by molar-refractivity contribution is 5.88. The lowest BCUT2D eigenvalue weighted by Gasteiger charge is -2.23. The van der Waals surface area contributed by atoms with Crippen LogP contribution in [0.5, 0.6) is 0 Å². The Kier molecular flexibility index (Phi) is 4.07. The molecule has 1 heterocycles. The Labute approximate surface area is 112 Å². The van der Waals surface area contributed by atoms with Crippen LogP contribution in [0.25, 0.3) is 0 Å². The van der Waals surface area contributed by atoms with E-state index in [1.807, 2.05) is 0 Å². The molecule has 6 heteroatoms. The van der Waals surface area contributed by atoms with Gasteiger partial charge in [0.05, 0.1) is 5.92 Å². The topological polar surface area (TPSA) is 89.7 Å². The van der Waals surface area contributed by atoms with E-state index in [1.165, 1.54) is 6.92 Å². The minimum Gasteiger partial charge on any atom is -0.452 e. The summed E-state index contributed by atoms with van der Waals surface area (Å²) in [5, 5.41) is 0. The van der Waals surface area contributed by atoms with Gasteiger partial charge in [-0.2, -0.15) is 0 Å². The average Bonchev–Trinajstić information content (AvgIpc) is 2.97. The van der Waals surface area contributed by atoms with Crippen LogP contribution in [0.15, 0.2) is 0 Å². The summed E-state index contributed by atoms with van der Waals surface area (Å²) in [7, 11) is 0. The number of hydrogen-bond donors (Lipinski definition) is 1. The predicted molar refractivity (Wildman–Crippen MR) is 66.8 cm³/mol. The Hall–Kier alpha value is -1.59. The van der Waals surface area contributed by atoms with Crippen molar-refractivity contribution in [2.45, 2.75) is 51.2 Å². The van der Waals surface area contributed by atoms with Gasteiger partial charge in [0.1, 0.15) is 0 Å². The van der Waals surface area contributed by atoms with Crippen molar-refractivity contribution in [3.05, 3.63) is 0 Å². The molecule has 0 radical (unpaired) electrons. The first-order valence-electron chi connectivity index (χ1n) is 6.78. The molecule has 1 aliphatic heterocycles. The lowest BCUT2D eigenvalue weighted by atomic mass is 10.1. The molecule has 2 N–H and O–H groups in total. The number of carbonyl (C=O) groups is 3. The van der Waals surface area contributed by atoms with Crippen molar-refractivity contribution in [2.75, 3.05) is 6.54 Å². The second-order valence-electron chi connectivity index (χ2n) is 5.37.